The highest BCUT2D eigenvalue weighted by atomic mass is 16.6. The van der Waals surface area contributed by atoms with Crippen LogP contribution in [0.15, 0.2) is 0 Å². The highest BCUT2D eigenvalue weighted by molar-refractivity contribution is 6.83. The van der Waals surface area contributed by atoms with Gasteiger partial charge in [0, 0.05) is 62.4 Å². The second-order valence-corrected chi connectivity index (χ2v) is 48.7. The van der Waals surface area contributed by atoms with Crippen LogP contribution in [-0.2, 0) is 96.7 Å². The number of benzene rings is 18. The van der Waals surface area contributed by atoms with Crippen LogP contribution < -0.4 is 10.6 Å². The van der Waals surface area contributed by atoms with Gasteiger partial charge in [-0.15, -0.1) is 0 Å². The van der Waals surface area contributed by atoms with Crippen LogP contribution >= 0.6 is 0 Å². The van der Waals surface area contributed by atoms with E-state index >= 15 is 19.2 Å². The van der Waals surface area contributed by atoms with Crippen molar-refractivity contribution >= 4 is 350 Å². The number of esters is 8. The van der Waals surface area contributed by atoms with Gasteiger partial charge in [-0.2, -0.15) is 0 Å². The molecule has 0 atom stereocenters. The molecule has 0 unspecified atom stereocenters. The number of carbonyl (C=O) groups excluding carboxylic acids is 10. The lowest BCUT2D eigenvalue weighted by atomic mass is 9.68. The lowest BCUT2D eigenvalue weighted by molar-refractivity contribution is -0.167. The van der Waals surface area contributed by atoms with Gasteiger partial charge in [-0.3, -0.25) is 47.9 Å². The predicted molar refractivity (Wildman–Crippen MR) is 529 cm³/mol. The van der Waals surface area contributed by atoms with E-state index in [1.165, 1.54) is 248 Å². The number of hydrogen-bond acceptors (Lipinski definition) is 18. The molecule has 5 aliphatic carbocycles. The van der Waals surface area contributed by atoms with Crippen LogP contribution in [0.25, 0.3) is 291 Å². The van der Waals surface area contributed by atoms with Gasteiger partial charge in [-0.1, -0.05) is 0 Å². The van der Waals surface area contributed by atoms with E-state index < -0.39 is 120 Å². The number of amides is 2. The molecule has 0 aromatic heterocycles. The Labute approximate surface area is 766 Å². The van der Waals surface area contributed by atoms with Crippen molar-refractivity contribution in [2.24, 2.45) is 5.41 Å². The van der Waals surface area contributed by atoms with Crippen molar-refractivity contribution in [2.75, 3.05) is 13.2 Å². The predicted octanol–water partition coefficient (Wildman–Crippen LogP) is 24.4. The Morgan fingerprint density at radius 1 is 0.200 bits per heavy atom. The summed E-state index contributed by atoms with van der Waals surface area (Å²) in [7, 11) is 0. The number of nitrogens with one attached hydrogen (secondary N) is 2. The maximum atomic E-state index is 18.6. The normalized spacial score (nSPS) is 16.8. The van der Waals surface area contributed by atoms with E-state index in [0.29, 0.717) is 0 Å². The first-order valence-electron chi connectivity index (χ1n) is 48.9. The Morgan fingerprint density at radius 2 is 0.333 bits per heavy atom. The van der Waals surface area contributed by atoms with Crippen molar-refractivity contribution in [3.05, 3.63) is 22.3 Å². The Bertz CT molecular complexity index is 8920. The third kappa shape index (κ3) is 7.52. The summed E-state index contributed by atoms with van der Waals surface area (Å²) in [5.41, 5.74) is -9.17. The molecule has 28 aromatic carbocycles. The zero-order valence-electron chi connectivity index (χ0n) is 78.6. The van der Waals surface area contributed by atoms with E-state index in [2.05, 4.69) is 10.6 Å². The van der Waals surface area contributed by atoms with Gasteiger partial charge in [-0.05, 0) is 489 Å². The van der Waals surface area contributed by atoms with E-state index in [9.17, 15) is 28.8 Å². The summed E-state index contributed by atoms with van der Waals surface area (Å²) in [5.74, 6) is -5.75. The third-order valence-electron chi connectivity index (χ3n) is 34.7. The van der Waals surface area contributed by atoms with Gasteiger partial charge in [0.15, 0.2) is 5.41 Å². The molecule has 0 saturated heterocycles. The van der Waals surface area contributed by atoms with Gasteiger partial charge >= 0.3 is 47.8 Å². The van der Waals surface area contributed by atoms with Gasteiger partial charge < -0.3 is 48.5 Å². The standard InChI is InChI=1S/C115H92N2O18/c1-105(2,3)130-39(120)23-29-111(30-24-40(121)131-106(4,5)6,31-25-41(122)132-107(7,8)9)116-37(118)21-19-35-128-103(126)115(104(127)129-36-20-22-38(119)117-112(32-26-42(123)133-108(10,11)12,33-27-43(124)134-109(13,14)15)34-28-44(125)135-110(16,17)18)113-99-91-83-73-63-55-47-45-46-49-53-51(47)59-67-61(53)71-65-57(49)58-50(46)54-52-48(45)56(55)64-70-60(52)68-62(54)72-66(58)76-75(65)85-79(71)89-81(67)87(77(83)69(59)63)95(99)97(89)101-93(85)94-86(76)80(72)90-82(68)88-78(70)84(74(64)73)92(91)100(113)96(88)98(90)102(94)114(101,113)115/h19-36H2,1-18H3,(H,116,118)(H,117,119). The number of hydrogen-bond donors (Lipinski definition) is 2. The van der Waals surface area contributed by atoms with Gasteiger partial charge in [0.1, 0.15) is 33.6 Å². The Kier molecular flexibility index (Phi) is 12.2. The Morgan fingerprint density at radius 3 is 0.467 bits per heavy atom. The van der Waals surface area contributed by atoms with E-state index in [4.69, 9.17) is 37.9 Å². The zero-order chi connectivity index (χ0) is 92.6. The Balaban J connectivity index is 0.598. The number of rotatable bonds is 30. The molecular formula is C115H92N2O18. The van der Waals surface area contributed by atoms with E-state index in [1.807, 2.05) is 0 Å². The minimum Gasteiger partial charge on any atom is -0.465 e. The maximum absolute atomic E-state index is 18.6. The third-order valence-corrected chi connectivity index (χ3v) is 34.7. The molecular weight excluding hydrogens is 1700 g/mol. The summed E-state index contributed by atoms with van der Waals surface area (Å²) >= 11 is 0. The number of ether oxygens (including phenoxy) is 8. The number of carbonyl (C=O) groups is 10. The van der Waals surface area contributed by atoms with Crippen molar-refractivity contribution in [2.45, 2.75) is 283 Å². The fourth-order valence-corrected chi connectivity index (χ4v) is 32.5. The van der Waals surface area contributed by atoms with Gasteiger partial charge in [0.25, 0.3) is 0 Å². The molecule has 1 fully saturated rings. The van der Waals surface area contributed by atoms with Crippen LogP contribution in [0.1, 0.15) is 250 Å². The average molecular weight is 1790 g/mol. The highest BCUT2D eigenvalue weighted by Crippen LogP contribution is 2.97. The van der Waals surface area contributed by atoms with Crippen molar-refractivity contribution in [3.63, 3.8) is 0 Å². The lowest BCUT2D eigenvalue weighted by Crippen LogP contribution is -2.50. The molecule has 2 spiro atoms. The van der Waals surface area contributed by atoms with Crippen LogP contribution in [0.3, 0.4) is 0 Å². The molecule has 0 radical (unpaired) electrons. The maximum Gasteiger partial charge on any atom is 0.326 e. The molecule has 670 valence electrons. The largest absolute Gasteiger partial charge is 0.465 e. The fourth-order valence-electron chi connectivity index (χ4n) is 32.5. The second-order valence-electron chi connectivity index (χ2n) is 48.7. The molecule has 1 saturated carbocycles. The summed E-state index contributed by atoms with van der Waals surface area (Å²) in [5, 5.41) is 77.1. The van der Waals surface area contributed by atoms with Crippen LogP contribution in [0.5, 0.6) is 0 Å². The first-order valence-corrected chi connectivity index (χ1v) is 48.9. The van der Waals surface area contributed by atoms with Crippen LogP contribution in [0, 0.1) is 5.41 Å². The molecule has 20 nitrogen and oxygen atoms in total. The lowest BCUT2D eigenvalue weighted by Gasteiger charge is -2.36. The van der Waals surface area contributed by atoms with E-state index in [-0.39, 0.29) is 116 Å². The van der Waals surface area contributed by atoms with E-state index in [0.717, 1.165) is 65.3 Å². The molecule has 5 aliphatic rings. The highest BCUT2D eigenvalue weighted by Gasteiger charge is 3.01. The van der Waals surface area contributed by atoms with Crippen molar-refractivity contribution in [1.82, 2.24) is 10.6 Å². The minimum atomic E-state index is -2.25. The van der Waals surface area contributed by atoms with Crippen molar-refractivity contribution < 1.29 is 85.8 Å². The van der Waals surface area contributed by atoms with Crippen LogP contribution in [-0.4, -0.2) is 117 Å². The SMILES string of the molecule is CC(C)(C)OC(=O)CCC(CCC(=O)OC(C)(C)C)(CCC(=O)OC(C)(C)C)NC(=O)CCCOC(=O)C1(C(=O)OCCCC(=O)NC(CCC(=O)OC(C)(C)C)(CCC(=O)OC(C)(C)C)CCC(=O)OC(C)(C)C)C23c4c5c6c7c8c9c(c%10c%11c2c2c4c4c%12c5c5c6c6c8c8c%13c9c9c%10c%10c%11c%11c2c2c4c4c%12c%12c5c5c6c8c6c8c%13c9c9c%10c%10c%11c2c2c4c4c%12c5c6c5c8c9c%10c2c45)C713. The average Bonchev–Trinajstić information content (AvgIpc) is 1.35. The first-order chi connectivity index (χ1) is 63.9. The van der Waals surface area contributed by atoms with Crippen LogP contribution in [0.2, 0.25) is 0 Å². The monoisotopic (exact) mass is 1790 g/mol. The summed E-state index contributed by atoms with van der Waals surface area (Å²) in [6, 6.07) is 0. The zero-order valence-corrected chi connectivity index (χ0v) is 78.6. The molecule has 135 heavy (non-hydrogen) atoms. The molecule has 28 aromatic rings. The fraction of sp³-hybridized carbons (Fsp3) is 0.409. The van der Waals surface area contributed by atoms with Gasteiger partial charge in [0.05, 0.1) is 24.0 Å². The molecule has 2 amide bonds. The molecule has 33 rings (SSSR count). The molecule has 0 bridgehead atoms. The summed E-state index contributed by atoms with van der Waals surface area (Å²) < 4.78 is 49.8. The summed E-state index contributed by atoms with van der Waals surface area (Å²) in [6.07, 6.45) is -1.75. The van der Waals surface area contributed by atoms with Gasteiger partial charge in [0.2, 0.25) is 11.8 Å². The molecule has 0 heterocycles. The van der Waals surface area contributed by atoms with Crippen molar-refractivity contribution in [1.29, 1.82) is 0 Å². The molecule has 2 N–H and O–H groups in total. The van der Waals surface area contributed by atoms with Crippen LogP contribution in [0.4, 0.5) is 0 Å². The van der Waals surface area contributed by atoms with E-state index in [1.54, 1.807) is 125 Å². The summed E-state index contributed by atoms with van der Waals surface area (Å²) in [4.78, 5) is 152. The minimum absolute atomic E-state index is 0.0190. The quantitative estimate of drug-likeness (QED) is 0.0139. The summed E-state index contributed by atoms with van der Waals surface area (Å²) in [6.45, 7) is 31.2. The molecule has 0 aliphatic heterocycles. The second kappa shape index (κ2) is 21.5. The Hall–Kier alpha value is -12.8. The first kappa shape index (κ1) is 76.4. The smallest absolute Gasteiger partial charge is 0.326 e. The van der Waals surface area contributed by atoms with Gasteiger partial charge in [-0.25, -0.2) is 0 Å². The molecule has 20 heteroatoms. The van der Waals surface area contributed by atoms with Crippen molar-refractivity contribution in [3.8, 4) is 0 Å². The topological polar surface area (TPSA) is 269 Å².